The zero-order valence-electron chi connectivity index (χ0n) is 10.5. The van der Waals surface area contributed by atoms with E-state index in [1.54, 1.807) is 0 Å². The van der Waals surface area contributed by atoms with Crippen molar-refractivity contribution in [3.05, 3.63) is 60.7 Å². The van der Waals surface area contributed by atoms with E-state index >= 15 is 0 Å². The fraction of sp³-hybridized carbons (Fsp3) is 0.0769. The molecule has 3 nitrogen and oxygen atoms in total. The van der Waals surface area contributed by atoms with Gasteiger partial charge in [-0.2, -0.15) is 0 Å². The summed E-state index contributed by atoms with van der Waals surface area (Å²) in [7, 11) is 3.93. The van der Waals surface area contributed by atoms with Gasteiger partial charge in [-0.15, -0.1) is 0 Å². The number of anilines is 2. The largest absolute Gasteiger partial charge is 0.432 e. The summed E-state index contributed by atoms with van der Waals surface area (Å²) in [5.74, 6) is 0. The Kier molecular flexibility index (Phi) is 2.99. The van der Waals surface area contributed by atoms with Crippen molar-refractivity contribution in [2.45, 2.75) is 0 Å². The second kappa shape index (κ2) is 4.78. The van der Waals surface area contributed by atoms with Crippen LogP contribution in [0.2, 0.25) is 0 Å². The van der Waals surface area contributed by atoms with Gasteiger partial charge in [0.2, 0.25) is 0 Å². The summed E-state index contributed by atoms with van der Waals surface area (Å²) in [5.41, 5.74) is 2.50. The van der Waals surface area contributed by atoms with E-state index in [1.807, 2.05) is 0 Å². The zero-order chi connectivity index (χ0) is 12.4. The Morgan fingerprint density at radius 1 is 0.722 bits per heavy atom. The maximum absolute atomic E-state index is 2.35. The predicted molar refractivity (Wildman–Crippen MR) is 79.9 cm³/mol. The molecule has 0 unspecified atom stereocenters. The van der Waals surface area contributed by atoms with Crippen LogP contribution in [0.5, 0.6) is 0 Å². The van der Waals surface area contributed by atoms with Gasteiger partial charge in [-0.3, -0.25) is 4.92 Å². The van der Waals surface area contributed by atoms with Gasteiger partial charge in [-0.25, -0.2) is 0 Å². The molecule has 0 saturated carbocycles. The van der Waals surface area contributed by atoms with Crippen LogP contribution in [-0.2, 0) is 0 Å². The van der Waals surface area contributed by atoms with Crippen LogP contribution in [0.15, 0.2) is 60.7 Å². The van der Waals surface area contributed by atoms with Crippen molar-refractivity contribution in [3.63, 3.8) is 0 Å². The molecule has 0 radical (unpaired) electrons. The highest BCUT2D eigenvalue weighted by atomic mass is 15.6. The van der Waals surface area contributed by atoms with Crippen molar-refractivity contribution >= 4 is 26.5 Å². The molecule has 2 aromatic carbocycles. The van der Waals surface area contributed by atoms with Crippen LogP contribution in [0, 0.1) is 0 Å². The smallest absolute Gasteiger partial charge is 0.359 e. The third kappa shape index (κ3) is 2.09. The Labute approximate surface area is 109 Å². The van der Waals surface area contributed by atoms with Gasteiger partial charge in [-0.05, 0) is 31.3 Å². The molecule has 88 valence electrons. The summed E-state index contributed by atoms with van der Waals surface area (Å²) in [6, 6.07) is 21.0. The minimum atomic E-state index is 0.893. The van der Waals surface area contributed by atoms with Gasteiger partial charge >= 0.3 is 15.1 Å². The number of benzene rings is 2. The molecule has 0 aromatic heterocycles. The summed E-state index contributed by atoms with van der Waals surface area (Å²) >= 11 is 0. The molecule has 1 saturated heterocycles. The molecule has 0 aliphatic carbocycles. The van der Waals surface area contributed by atoms with Crippen molar-refractivity contribution in [2.24, 2.45) is 0 Å². The molecular formula is C13H15B2N3. The SMILES string of the molecule is CN1BN(c2ccccc2)BN1c1ccccc1. The lowest BCUT2D eigenvalue weighted by atomic mass is 9.96. The summed E-state index contributed by atoms with van der Waals surface area (Å²) in [6.07, 6.45) is 0. The monoisotopic (exact) mass is 235 g/mol. The molecule has 18 heavy (non-hydrogen) atoms. The van der Waals surface area contributed by atoms with Crippen LogP contribution in [0.1, 0.15) is 0 Å². The first kappa shape index (κ1) is 11.2. The number of hydrazine groups is 1. The Morgan fingerprint density at radius 2 is 1.28 bits per heavy atom. The quantitative estimate of drug-likeness (QED) is 0.728. The number of hydrogen-bond acceptors (Lipinski definition) is 3. The molecule has 0 spiro atoms. The van der Waals surface area contributed by atoms with E-state index in [0.29, 0.717) is 0 Å². The van der Waals surface area contributed by atoms with Crippen molar-refractivity contribution < 1.29 is 0 Å². The molecule has 0 amide bonds. The highest BCUT2D eigenvalue weighted by Gasteiger charge is 2.29. The molecule has 1 aliphatic heterocycles. The molecule has 0 atom stereocenters. The molecule has 0 bridgehead atoms. The fourth-order valence-corrected chi connectivity index (χ4v) is 2.32. The lowest BCUT2D eigenvalue weighted by Crippen LogP contribution is -2.35. The zero-order valence-corrected chi connectivity index (χ0v) is 10.5. The van der Waals surface area contributed by atoms with Gasteiger partial charge in [0.05, 0.1) is 0 Å². The summed E-state index contributed by atoms with van der Waals surface area (Å²) in [4.78, 5) is 4.52. The van der Waals surface area contributed by atoms with Gasteiger partial charge < -0.3 is 9.64 Å². The average molecular weight is 235 g/mol. The second-order valence-electron chi connectivity index (χ2n) is 4.55. The normalized spacial score (nSPS) is 15.4. The maximum atomic E-state index is 2.35. The van der Waals surface area contributed by atoms with E-state index in [1.165, 1.54) is 11.4 Å². The Balaban J connectivity index is 1.81. The van der Waals surface area contributed by atoms with Gasteiger partial charge in [0.25, 0.3) is 0 Å². The van der Waals surface area contributed by atoms with Crippen molar-refractivity contribution in [3.8, 4) is 0 Å². The third-order valence-electron chi connectivity index (χ3n) is 3.27. The van der Waals surface area contributed by atoms with E-state index < -0.39 is 0 Å². The van der Waals surface area contributed by atoms with E-state index in [9.17, 15) is 0 Å². The van der Waals surface area contributed by atoms with E-state index in [2.05, 4.69) is 82.3 Å². The first-order valence-electron chi connectivity index (χ1n) is 6.18. The maximum Gasteiger partial charge on any atom is 0.359 e. The number of rotatable bonds is 2. The Bertz CT molecular complexity index is 506. The van der Waals surface area contributed by atoms with Crippen molar-refractivity contribution in [2.75, 3.05) is 16.7 Å². The molecular weight excluding hydrogens is 220 g/mol. The van der Waals surface area contributed by atoms with Crippen LogP contribution >= 0.6 is 0 Å². The van der Waals surface area contributed by atoms with Crippen LogP contribution in [0.25, 0.3) is 0 Å². The Hall–Kier alpha value is -1.87. The van der Waals surface area contributed by atoms with Crippen LogP contribution < -0.4 is 9.64 Å². The highest BCUT2D eigenvalue weighted by molar-refractivity contribution is 6.69. The standard InChI is InChI=1S/C13H15B2N3/c1-16-14-17(12-8-4-2-5-9-12)15-18(16)13-10-6-3-7-11-13/h2-11,14-15H,1H3. The number of nitrogens with zero attached hydrogens (tertiary/aromatic N) is 3. The van der Waals surface area contributed by atoms with E-state index in [-0.39, 0.29) is 0 Å². The third-order valence-corrected chi connectivity index (χ3v) is 3.27. The molecule has 0 N–H and O–H groups in total. The van der Waals surface area contributed by atoms with Crippen LogP contribution in [0.4, 0.5) is 11.4 Å². The fourth-order valence-electron chi connectivity index (χ4n) is 2.32. The van der Waals surface area contributed by atoms with Gasteiger partial charge in [0.1, 0.15) is 0 Å². The summed E-state index contributed by atoms with van der Waals surface area (Å²) in [5, 5.41) is 0. The first-order chi connectivity index (χ1) is 8.84. The molecule has 5 heteroatoms. The topological polar surface area (TPSA) is 9.72 Å². The van der Waals surface area contributed by atoms with Crippen LogP contribution in [0.3, 0.4) is 0 Å². The lowest BCUT2D eigenvalue weighted by Gasteiger charge is -2.25. The van der Waals surface area contributed by atoms with E-state index in [4.69, 9.17) is 0 Å². The van der Waals surface area contributed by atoms with Gasteiger partial charge in [-0.1, -0.05) is 36.4 Å². The van der Waals surface area contributed by atoms with E-state index in [0.717, 1.165) is 15.1 Å². The molecule has 3 rings (SSSR count). The first-order valence-corrected chi connectivity index (χ1v) is 6.18. The second-order valence-corrected chi connectivity index (χ2v) is 4.55. The summed E-state index contributed by atoms with van der Waals surface area (Å²) in [6.45, 7) is 0. The predicted octanol–water partition coefficient (Wildman–Crippen LogP) is 1.39. The molecule has 1 aliphatic rings. The molecule has 1 heterocycles. The highest BCUT2D eigenvalue weighted by Crippen LogP contribution is 2.22. The van der Waals surface area contributed by atoms with Crippen molar-refractivity contribution in [1.29, 1.82) is 0 Å². The molecule has 2 aromatic rings. The minimum Gasteiger partial charge on any atom is -0.432 e. The van der Waals surface area contributed by atoms with Crippen molar-refractivity contribution in [1.82, 2.24) is 4.92 Å². The molecule has 1 fully saturated rings. The van der Waals surface area contributed by atoms with Gasteiger partial charge in [0.15, 0.2) is 0 Å². The Morgan fingerprint density at radius 3 is 1.89 bits per heavy atom. The number of para-hydroxylation sites is 2. The minimum absolute atomic E-state index is 0.893. The summed E-state index contributed by atoms with van der Waals surface area (Å²) < 4.78 is 2.35. The van der Waals surface area contributed by atoms with Gasteiger partial charge in [0, 0.05) is 11.4 Å². The van der Waals surface area contributed by atoms with Crippen LogP contribution in [-0.4, -0.2) is 27.1 Å². The lowest BCUT2D eigenvalue weighted by molar-refractivity contribution is 0.590. The number of hydrogen-bond donors (Lipinski definition) is 0. The average Bonchev–Trinajstić information content (AvgIpc) is 2.83.